The van der Waals surface area contributed by atoms with Crippen LogP contribution in [0.15, 0.2) is 472 Å². The quantitative estimate of drug-likeness (QED) is 0.102. The van der Waals surface area contributed by atoms with Crippen LogP contribution in [0.2, 0.25) is 0 Å². The molecule has 0 saturated heterocycles. The molecule has 3 spiro atoms. The Hall–Kier alpha value is -15.6. The van der Waals surface area contributed by atoms with E-state index < -0.39 is 0 Å². The largest absolute Gasteiger partial charge is 0.456 e. The maximum atomic E-state index is 6.30. The van der Waals surface area contributed by atoms with E-state index in [0.29, 0.717) is 0 Å². The van der Waals surface area contributed by atoms with E-state index in [1.165, 1.54) is 242 Å². The summed E-state index contributed by atoms with van der Waals surface area (Å²) in [6.45, 7) is 0. The zero-order valence-electron chi connectivity index (χ0n) is 83.7. The number of fused-ring (bicyclic) bond motifs is 12. The average Bonchev–Trinajstić information content (AvgIpc) is 1.49. The zero-order valence-corrected chi connectivity index (χ0v) is 83.7. The van der Waals surface area contributed by atoms with Crippen molar-refractivity contribution in [3.63, 3.8) is 0 Å². The molecule has 15 aliphatic carbocycles. The molecule has 4 nitrogen and oxygen atoms in total. The van der Waals surface area contributed by atoms with Crippen molar-refractivity contribution in [2.24, 2.45) is 71.0 Å². The van der Waals surface area contributed by atoms with Crippen LogP contribution in [0, 0.1) is 71.0 Å². The summed E-state index contributed by atoms with van der Waals surface area (Å²) < 4.78 is 6.30. The highest BCUT2D eigenvalue weighted by Crippen LogP contribution is 2.74. The van der Waals surface area contributed by atoms with Gasteiger partial charge in [0.15, 0.2) is 0 Å². The van der Waals surface area contributed by atoms with E-state index in [9.17, 15) is 0 Å². The van der Waals surface area contributed by atoms with Crippen LogP contribution in [0.4, 0.5) is 51.2 Å². The molecule has 19 aromatic carbocycles. The molecule has 4 heteroatoms. The van der Waals surface area contributed by atoms with Crippen molar-refractivity contribution < 1.29 is 4.42 Å². The third-order valence-corrected chi connectivity index (χ3v) is 38.4. The lowest BCUT2D eigenvalue weighted by Gasteiger charge is -2.61. The summed E-state index contributed by atoms with van der Waals surface area (Å²) in [5.41, 5.74) is 46.2. The first-order chi connectivity index (χ1) is 73.3. The molecule has 12 bridgehead atoms. The second kappa shape index (κ2) is 35.3. The monoisotopic (exact) mass is 1910 g/mol. The van der Waals surface area contributed by atoms with Crippen LogP contribution in [0.3, 0.4) is 0 Å². The van der Waals surface area contributed by atoms with Gasteiger partial charge in [0.2, 0.25) is 0 Å². The molecule has 0 amide bonds. The van der Waals surface area contributed by atoms with Gasteiger partial charge < -0.3 is 19.1 Å². The van der Waals surface area contributed by atoms with Crippen LogP contribution in [-0.2, 0) is 16.2 Å². The Bertz CT molecular complexity index is 8420. The molecule has 20 aromatic rings. The van der Waals surface area contributed by atoms with Crippen molar-refractivity contribution >= 4 is 73.1 Å². The van der Waals surface area contributed by atoms with Crippen molar-refractivity contribution in [2.75, 3.05) is 14.7 Å². The van der Waals surface area contributed by atoms with Gasteiger partial charge in [-0.15, -0.1) is 0 Å². The van der Waals surface area contributed by atoms with Crippen molar-refractivity contribution in [1.82, 2.24) is 0 Å². The van der Waals surface area contributed by atoms with Crippen LogP contribution < -0.4 is 14.7 Å². The fraction of sp³-hybridized carbons (Fsp3) is 0.208. The molecule has 716 valence electrons. The van der Waals surface area contributed by atoms with Crippen molar-refractivity contribution in [1.29, 1.82) is 0 Å². The lowest BCUT2D eigenvalue weighted by Crippen LogP contribution is -2.55. The fourth-order valence-electron chi connectivity index (χ4n) is 33.3. The predicted octanol–water partition coefficient (Wildman–Crippen LogP) is 38.5. The number of furan rings is 1. The minimum atomic E-state index is 0.116. The Morgan fingerprint density at radius 3 is 0.777 bits per heavy atom. The van der Waals surface area contributed by atoms with Crippen molar-refractivity contribution in [2.45, 2.75) is 113 Å². The first-order valence-corrected chi connectivity index (χ1v) is 55.2. The molecule has 0 radical (unpaired) electrons. The first-order valence-electron chi connectivity index (χ1n) is 55.2. The number of hydrogen-bond acceptors (Lipinski definition) is 4. The van der Waals surface area contributed by atoms with Gasteiger partial charge in [-0.25, -0.2) is 0 Å². The van der Waals surface area contributed by atoms with Crippen LogP contribution in [0.5, 0.6) is 0 Å². The van der Waals surface area contributed by atoms with Gasteiger partial charge in [-0.1, -0.05) is 364 Å². The molecule has 148 heavy (non-hydrogen) atoms. The van der Waals surface area contributed by atoms with Gasteiger partial charge in [0.05, 0.1) is 17.1 Å². The van der Waals surface area contributed by atoms with Crippen LogP contribution in [0.25, 0.3) is 122 Å². The van der Waals surface area contributed by atoms with Crippen molar-refractivity contribution in [3.8, 4) is 100 Å². The smallest absolute Gasteiger partial charge is 0.135 e. The van der Waals surface area contributed by atoms with Gasteiger partial charge in [-0.05, 0) is 387 Å². The second-order valence-electron chi connectivity index (χ2n) is 45.7. The highest BCUT2D eigenvalue weighted by atomic mass is 16.3. The van der Waals surface area contributed by atoms with E-state index in [-0.39, 0.29) is 16.2 Å². The highest BCUT2D eigenvalue weighted by molar-refractivity contribution is 6.07. The molecule has 0 aliphatic heterocycles. The summed E-state index contributed by atoms with van der Waals surface area (Å²) in [5, 5.41) is 2.30. The van der Waals surface area contributed by atoms with Gasteiger partial charge in [0.25, 0.3) is 0 Å². The second-order valence-corrected chi connectivity index (χ2v) is 45.7. The summed E-state index contributed by atoms with van der Waals surface area (Å²) in [7, 11) is 0. The maximum absolute atomic E-state index is 6.30. The number of rotatable bonds is 15. The lowest BCUT2D eigenvalue weighted by atomic mass is 9.43. The van der Waals surface area contributed by atoms with Crippen LogP contribution in [-0.4, -0.2) is 0 Å². The van der Waals surface area contributed by atoms with Crippen LogP contribution >= 0.6 is 0 Å². The Kier molecular flexibility index (Phi) is 21.0. The van der Waals surface area contributed by atoms with Gasteiger partial charge >= 0.3 is 0 Å². The molecule has 0 N–H and O–H groups in total. The third kappa shape index (κ3) is 14.0. The van der Waals surface area contributed by atoms with E-state index in [2.05, 4.69) is 482 Å². The van der Waals surface area contributed by atoms with Gasteiger partial charge in [-0.2, -0.15) is 0 Å². The highest BCUT2D eigenvalue weighted by Gasteiger charge is 2.65. The normalized spacial score (nSPS) is 24.2. The summed E-state index contributed by atoms with van der Waals surface area (Å²) in [5.74, 6) is 9.93. The molecule has 1 heterocycles. The first kappa shape index (κ1) is 87.7. The zero-order chi connectivity index (χ0) is 97.3. The number of para-hydroxylation sites is 4. The number of benzene rings is 19. The van der Waals surface area contributed by atoms with Crippen LogP contribution in [0.1, 0.15) is 130 Å². The standard InChI is InChI=1S/C52H43N.C46H37NO.C46H39N/c1-3-11-37(12-4-1)38-19-21-39(22-20-38)40-23-25-44(26-24-40)53(51-18-10-8-15-46(51)41-13-5-2-6-14-41)45-27-28-48-47-16-7-9-17-49(47)52(50(48)34-45)42-30-35-29-36(32-42)33-43(52)31-35;1-2-10-31(11-3-1)36-12-5-8-16-43(36)47(34-19-21-45-40(27-34)39-14-6-9-17-44(39)48-45)35-18-20-38-37-13-4-7-15-41(37)46(42(38)28-35)32-23-29-22-30(25-32)26-33(46)24-29;1-3-12-33(13-4-1)35-16-11-17-38(29-35)47(45-21-10-8-18-40(45)34-14-5-2-6-15-34)39-22-23-42-41-19-7-9-20-43(41)46(44(42)30-39)36-25-31-24-32(27-36)28-37(46)26-31/h1-28,34-36,42-43H,29-33H2;1-21,27-30,32-33H,22-26H2;1-23,29-32,36-37H,24-28H2. The topological polar surface area (TPSA) is 22.9 Å². The average molecular weight is 1910 g/mol. The van der Waals surface area contributed by atoms with Gasteiger partial charge in [0, 0.05) is 77.8 Å². The maximum Gasteiger partial charge on any atom is 0.135 e. The molecular weight excluding hydrogens is 1790 g/mol. The Labute approximate surface area is 870 Å². The summed E-state index contributed by atoms with van der Waals surface area (Å²) >= 11 is 0. The fourth-order valence-corrected chi connectivity index (χ4v) is 33.3. The lowest BCUT2D eigenvalue weighted by molar-refractivity contribution is -0.0399. The van der Waals surface area contributed by atoms with E-state index >= 15 is 0 Å². The van der Waals surface area contributed by atoms with Gasteiger partial charge in [-0.3, -0.25) is 0 Å². The van der Waals surface area contributed by atoms with Crippen molar-refractivity contribution in [3.05, 3.63) is 500 Å². The number of anilines is 9. The van der Waals surface area contributed by atoms with Gasteiger partial charge in [0.1, 0.15) is 11.2 Å². The van der Waals surface area contributed by atoms with E-state index in [1.54, 1.807) is 33.4 Å². The summed E-state index contributed by atoms with van der Waals surface area (Å²) in [6, 6.07) is 174. The Morgan fingerprint density at radius 2 is 0.405 bits per heavy atom. The SMILES string of the molecule is c1ccc(-c2ccc(-c3ccc(N(c4ccc5c(c4)C4(c6ccccc6-5)C5CC6CC(C5)CC4C6)c4ccccc4-c4ccccc4)cc3)cc2)cc1.c1ccc(-c2cccc(N(c3ccc4c(c3)C3(c5ccccc5-4)C4CC5CC(C4)CC3C5)c3ccccc3-c3ccccc3)c2)cc1.c1ccc(-c2ccccc2N(c2ccc3c(c2)C2(c4ccccc4-3)C3CC4CC(C3)CC2C4)c2ccc3oc4ccccc4c3c2)cc1. The molecule has 35 rings (SSSR count). The molecular formula is C144H119N3O. The van der Waals surface area contributed by atoms with E-state index in [0.717, 1.165) is 98.6 Å². The third-order valence-electron chi connectivity index (χ3n) is 38.4. The molecule has 15 aliphatic rings. The summed E-state index contributed by atoms with van der Waals surface area (Å²) in [6.07, 6.45) is 21.1. The Morgan fingerprint density at radius 1 is 0.155 bits per heavy atom. The molecule has 1 aromatic heterocycles. The molecule has 0 unspecified atom stereocenters. The molecule has 0 atom stereocenters. The minimum absolute atomic E-state index is 0.116. The molecule has 12 fully saturated rings. The summed E-state index contributed by atoms with van der Waals surface area (Å²) in [4.78, 5) is 7.57. The van der Waals surface area contributed by atoms with E-state index in [1.807, 2.05) is 0 Å². The minimum Gasteiger partial charge on any atom is -0.456 e. The number of hydrogen-bond donors (Lipinski definition) is 0. The van der Waals surface area contributed by atoms with E-state index in [4.69, 9.17) is 4.42 Å². The molecule has 12 saturated carbocycles. The predicted molar refractivity (Wildman–Crippen MR) is 613 cm³/mol. The Balaban J connectivity index is 0.000000103. The number of nitrogens with zero attached hydrogens (tertiary/aromatic N) is 3.